The summed E-state index contributed by atoms with van der Waals surface area (Å²) in [4.78, 5) is 67.9. The molecule has 1 fully saturated rings. The Morgan fingerprint density at radius 2 is 1.50 bits per heavy atom. The van der Waals surface area contributed by atoms with E-state index >= 15 is 0 Å². The Bertz CT molecular complexity index is 1440. The number of nitrogens with two attached hydrogens (primary N) is 1. The first-order valence-electron chi connectivity index (χ1n) is 16.7. The summed E-state index contributed by atoms with van der Waals surface area (Å²) in [6.45, 7) is 11.2. The fourth-order valence-electron chi connectivity index (χ4n) is 5.35. The highest BCUT2D eigenvalue weighted by Crippen LogP contribution is 2.18. The zero-order valence-electron chi connectivity index (χ0n) is 29.8. The Kier molecular flexibility index (Phi) is 14.2. The topological polar surface area (TPSA) is 193 Å². The summed E-state index contributed by atoms with van der Waals surface area (Å²) in [5.74, 6) is -1.91. The van der Waals surface area contributed by atoms with Gasteiger partial charge in [0.25, 0.3) is 0 Å². The molecule has 3 rings (SSSR count). The van der Waals surface area contributed by atoms with E-state index in [9.17, 15) is 29.1 Å². The van der Waals surface area contributed by atoms with Gasteiger partial charge in [-0.15, -0.1) is 0 Å². The summed E-state index contributed by atoms with van der Waals surface area (Å²) < 4.78 is 10.8. The molecule has 1 aliphatic heterocycles. The molecular formula is C36H52N6O8. The lowest BCUT2D eigenvalue weighted by atomic mass is 9.98. The minimum absolute atomic E-state index is 0.0228. The summed E-state index contributed by atoms with van der Waals surface area (Å²) in [7, 11) is 0. The molecule has 0 saturated carbocycles. The Morgan fingerprint density at radius 3 is 2.06 bits per heavy atom. The molecule has 2 aromatic rings. The summed E-state index contributed by atoms with van der Waals surface area (Å²) in [6.07, 6.45) is -3.02. The molecule has 50 heavy (non-hydrogen) atoms. The molecule has 0 aliphatic carbocycles. The van der Waals surface area contributed by atoms with E-state index in [1.807, 2.05) is 57.2 Å². The second kappa shape index (κ2) is 17.8. The summed E-state index contributed by atoms with van der Waals surface area (Å²) in [5, 5.41) is 19.9. The SMILES string of the molecule is CC(C)(C)NC(=O)C1CN(C(=O)OC(C)(C)C)CCN1C[C@@H](O)[C@H](Cc1ccccc1)NC(=O)[C@H](CC(N)=O)NC(=O)OCc1ccccc1. The lowest BCUT2D eigenvalue weighted by molar-refractivity contribution is -0.132. The van der Waals surface area contributed by atoms with Crippen molar-refractivity contribution in [3.8, 4) is 0 Å². The number of aliphatic hydroxyl groups excluding tert-OH is 1. The van der Waals surface area contributed by atoms with Crippen molar-refractivity contribution in [3.05, 3.63) is 71.8 Å². The van der Waals surface area contributed by atoms with E-state index < -0.39 is 65.8 Å². The van der Waals surface area contributed by atoms with Crippen molar-refractivity contribution in [1.82, 2.24) is 25.8 Å². The van der Waals surface area contributed by atoms with Crippen LogP contribution in [0.1, 0.15) is 59.1 Å². The van der Waals surface area contributed by atoms with E-state index in [1.165, 1.54) is 4.90 Å². The van der Waals surface area contributed by atoms with Crippen molar-refractivity contribution in [1.29, 1.82) is 0 Å². The first-order valence-corrected chi connectivity index (χ1v) is 16.7. The first-order chi connectivity index (χ1) is 23.4. The predicted molar refractivity (Wildman–Crippen MR) is 187 cm³/mol. The highest BCUT2D eigenvalue weighted by Gasteiger charge is 2.39. The average molecular weight is 697 g/mol. The molecular weight excluding hydrogens is 644 g/mol. The number of aliphatic hydroxyl groups is 1. The molecule has 0 aromatic heterocycles. The van der Waals surface area contributed by atoms with Gasteiger partial charge in [0.05, 0.1) is 18.6 Å². The third-order valence-electron chi connectivity index (χ3n) is 7.68. The maximum atomic E-state index is 13.6. The highest BCUT2D eigenvalue weighted by atomic mass is 16.6. The molecule has 0 bridgehead atoms. The number of alkyl carbamates (subject to hydrolysis) is 1. The fourth-order valence-corrected chi connectivity index (χ4v) is 5.35. The van der Waals surface area contributed by atoms with Gasteiger partial charge in [-0.05, 0) is 59.1 Å². The Labute approximate surface area is 294 Å². The highest BCUT2D eigenvalue weighted by molar-refractivity contribution is 5.90. The number of nitrogens with zero attached hydrogens (tertiary/aromatic N) is 2. The molecule has 2 aromatic carbocycles. The van der Waals surface area contributed by atoms with Gasteiger partial charge in [0.15, 0.2) is 0 Å². The van der Waals surface area contributed by atoms with Gasteiger partial charge < -0.3 is 41.2 Å². The van der Waals surface area contributed by atoms with Gasteiger partial charge in [0, 0.05) is 31.7 Å². The van der Waals surface area contributed by atoms with Crippen molar-refractivity contribution in [3.63, 3.8) is 0 Å². The number of amides is 5. The van der Waals surface area contributed by atoms with Crippen LogP contribution in [0.4, 0.5) is 9.59 Å². The molecule has 0 spiro atoms. The number of primary amides is 1. The minimum atomic E-state index is -1.39. The van der Waals surface area contributed by atoms with E-state index in [2.05, 4.69) is 16.0 Å². The summed E-state index contributed by atoms with van der Waals surface area (Å²) >= 11 is 0. The average Bonchev–Trinajstić information content (AvgIpc) is 3.02. The molecule has 1 unspecified atom stereocenters. The smallest absolute Gasteiger partial charge is 0.410 e. The van der Waals surface area contributed by atoms with Crippen molar-refractivity contribution < 1.29 is 38.6 Å². The lowest BCUT2D eigenvalue weighted by Gasteiger charge is -2.43. The summed E-state index contributed by atoms with van der Waals surface area (Å²) in [6, 6.07) is 15.0. The first kappa shape index (κ1) is 39.7. The fraction of sp³-hybridized carbons (Fsp3) is 0.528. The molecule has 14 nitrogen and oxygen atoms in total. The van der Waals surface area contributed by atoms with Crippen LogP contribution in [-0.2, 0) is 36.9 Å². The van der Waals surface area contributed by atoms with Crippen molar-refractivity contribution in [2.75, 3.05) is 26.2 Å². The van der Waals surface area contributed by atoms with Gasteiger partial charge in [0.1, 0.15) is 24.3 Å². The molecule has 1 aliphatic rings. The third-order valence-corrected chi connectivity index (χ3v) is 7.68. The van der Waals surface area contributed by atoms with Crippen molar-refractivity contribution in [2.24, 2.45) is 5.73 Å². The molecule has 1 heterocycles. The maximum absolute atomic E-state index is 13.6. The van der Waals surface area contributed by atoms with Crippen LogP contribution in [0.2, 0.25) is 0 Å². The Balaban J connectivity index is 1.80. The van der Waals surface area contributed by atoms with Gasteiger partial charge in [-0.2, -0.15) is 0 Å². The molecule has 1 saturated heterocycles. The molecule has 4 atom stereocenters. The number of piperazine rings is 1. The third kappa shape index (κ3) is 13.7. The van der Waals surface area contributed by atoms with Crippen LogP contribution in [-0.4, -0.2) is 106 Å². The minimum Gasteiger partial charge on any atom is -0.445 e. The molecule has 274 valence electrons. The van der Waals surface area contributed by atoms with E-state index in [0.29, 0.717) is 0 Å². The Morgan fingerprint density at radius 1 is 0.900 bits per heavy atom. The van der Waals surface area contributed by atoms with Crippen LogP contribution in [0.3, 0.4) is 0 Å². The monoisotopic (exact) mass is 696 g/mol. The summed E-state index contributed by atoms with van der Waals surface area (Å²) in [5.41, 5.74) is 5.66. The van der Waals surface area contributed by atoms with Gasteiger partial charge in [-0.25, -0.2) is 9.59 Å². The quantitative estimate of drug-likeness (QED) is 0.209. The van der Waals surface area contributed by atoms with Crippen molar-refractivity contribution >= 4 is 29.9 Å². The zero-order chi connectivity index (χ0) is 37.1. The van der Waals surface area contributed by atoms with Gasteiger partial charge >= 0.3 is 12.2 Å². The molecule has 5 amide bonds. The largest absolute Gasteiger partial charge is 0.445 e. The number of benzene rings is 2. The van der Waals surface area contributed by atoms with Gasteiger partial charge in [-0.1, -0.05) is 60.7 Å². The van der Waals surface area contributed by atoms with Crippen LogP contribution in [0.25, 0.3) is 0 Å². The number of hydrogen-bond donors (Lipinski definition) is 5. The molecule has 14 heteroatoms. The lowest BCUT2D eigenvalue weighted by Crippen LogP contribution is -2.64. The maximum Gasteiger partial charge on any atom is 0.410 e. The van der Waals surface area contributed by atoms with Crippen LogP contribution >= 0.6 is 0 Å². The molecule has 0 radical (unpaired) electrons. The Hall–Kier alpha value is -4.69. The number of carbonyl (C=O) groups excluding carboxylic acids is 5. The van der Waals surface area contributed by atoms with E-state index in [0.717, 1.165) is 11.1 Å². The van der Waals surface area contributed by atoms with Crippen molar-refractivity contribution in [2.45, 2.75) is 96.4 Å². The van der Waals surface area contributed by atoms with E-state index in [4.69, 9.17) is 15.2 Å². The van der Waals surface area contributed by atoms with E-state index in [1.54, 1.807) is 49.9 Å². The number of carbonyl (C=O) groups is 5. The second-order valence-electron chi connectivity index (χ2n) is 14.5. The zero-order valence-corrected chi connectivity index (χ0v) is 29.8. The predicted octanol–water partition coefficient (Wildman–Crippen LogP) is 2.08. The van der Waals surface area contributed by atoms with Crippen LogP contribution in [0.15, 0.2) is 60.7 Å². The second-order valence-corrected chi connectivity index (χ2v) is 14.5. The van der Waals surface area contributed by atoms with Gasteiger partial charge in [-0.3, -0.25) is 19.3 Å². The van der Waals surface area contributed by atoms with E-state index in [-0.39, 0.29) is 45.1 Å². The normalized spacial score (nSPS) is 17.1. The number of β-amino-alcohol motifs (C(OH)–C–C–N with tert-alkyl or cyclic N) is 1. The van der Waals surface area contributed by atoms with Gasteiger partial charge in [0.2, 0.25) is 17.7 Å². The van der Waals surface area contributed by atoms with Crippen LogP contribution in [0.5, 0.6) is 0 Å². The number of ether oxygens (including phenoxy) is 2. The molecule has 6 N–H and O–H groups in total. The van der Waals surface area contributed by atoms with Crippen LogP contribution < -0.4 is 21.7 Å². The standard InChI is InChI=1S/C36H52N6O8/c1-35(2,3)40-32(46)28-21-42(34(48)50-36(4,5)6)18-17-41(28)22-29(43)26(19-24-13-9-7-10-14-24)38-31(45)27(20-30(37)44)39-33(47)49-23-25-15-11-8-12-16-25/h7-16,26-29,43H,17-23H2,1-6H3,(H2,37,44)(H,38,45)(H,39,47)(H,40,46)/t26-,27-,28?,29+/m0/s1. The number of hydrogen-bond acceptors (Lipinski definition) is 9. The van der Waals surface area contributed by atoms with Crippen LogP contribution in [0, 0.1) is 0 Å². The number of rotatable bonds is 13. The number of nitrogens with one attached hydrogen (secondary N) is 3.